The van der Waals surface area contributed by atoms with Gasteiger partial charge in [-0.15, -0.1) is 0 Å². The minimum Gasteiger partial charge on any atom is -0.391 e. The molecule has 0 unspecified atom stereocenters. The highest BCUT2D eigenvalue weighted by atomic mass is 16.3. The zero-order valence-electron chi connectivity index (χ0n) is 13.7. The van der Waals surface area contributed by atoms with Crippen LogP contribution in [0.15, 0.2) is 30.3 Å². The molecule has 1 fully saturated rings. The number of nitrogens with one attached hydrogen (secondary N) is 1. The van der Waals surface area contributed by atoms with Gasteiger partial charge in [0.15, 0.2) is 0 Å². The van der Waals surface area contributed by atoms with Crippen LogP contribution >= 0.6 is 0 Å². The summed E-state index contributed by atoms with van der Waals surface area (Å²) in [6.45, 7) is 6.65. The van der Waals surface area contributed by atoms with Crippen molar-refractivity contribution in [1.29, 1.82) is 0 Å². The molecule has 0 bridgehead atoms. The number of hydrogen-bond acceptors (Lipinski definition) is 3. The predicted octanol–water partition coefficient (Wildman–Crippen LogP) is 2.18. The normalized spacial score (nSPS) is 23.0. The van der Waals surface area contributed by atoms with Gasteiger partial charge < -0.3 is 15.3 Å². The molecule has 4 heteroatoms. The van der Waals surface area contributed by atoms with Crippen molar-refractivity contribution in [3.05, 3.63) is 35.9 Å². The van der Waals surface area contributed by atoms with Gasteiger partial charge in [-0.2, -0.15) is 0 Å². The van der Waals surface area contributed by atoms with Crippen molar-refractivity contribution in [2.24, 2.45) is 5.41 Å². The topological polar surface area (TPSA) is 52.6 Å². The molecular formula is C18H28N2O2. The van der Waals surface area contributed by atoms with E-state index in [4.69, 9.17) is 0 Å². The smallest absolute Gasteiger partial charge is 0.230 e. The van der Waals surface area contributed by atoms with Gasteiger partial charge in [-0.3, -0.25) is 4.79 Å². The molecule has 1 aromatic carbocycles. The Morgan fingerprint density at radius 3 is 2.73 bits per heavy atom. The van der Waals surface area contributed by atoms with E-state index in [0.717, 1.165) is 31.5 Å². The number of aliphatic hydroxyl groups excluding tert-OH is 1. The lowest BCUT2D eigenvalue weighted by atomic mass is 9.81. The molecule has 2 N–H and O–H groups in total. The first kappa shape index (κ1) is 17.0. The fourth-order valence-corrected chi connectivity index (χ4v) is 3.03. The SMILES string of the molecule is CC[C@@H](O)CN(Cc1ccccc1)C(=O)[C@]1(C)CCCNC1. The Morgan fingerprint density at radius 2 is 2.14 bits per heavy atom. The summed E-state index contributed by atoms with van der Waals surface area (Å²) in [5, 5.41) is 13.4. The maximum atomic E-state index is 13.1. The molecule has 0 aromatic heterocycles. The third-order valence-electron chi connectivity index (χ3n) is 4.52. The van der Waals surface area contributed by atoms with Gasteiger partial charge in [0.25, 0.3) is 0 Å². The molecule has 1 aromatic rings. The lowest BCUT2D eigenvalue weighted by Crippen LogP contribution is -2.51. The number of carbonyl (C=O) groups is 1. The number of piperidine rings is 1. The molecule has 0 spiro atoms. The quantitative estimate of drug-likeness (QED) is 0.847. The fraction of sp³-hybridized carbons (Fsp3) is 0.611. The van der Waals surface area contributed by atoms with Gasteiger partial charge in [0.05, 0.1) is 11.5 Å². The summed E-state index contributed by atoms with van der Waals surface area (Å²) in [6.07, 6.45) is 2.13. The number of amides is 1. The first-order chi connectivity index (χ1) is 10.5. The van der Waals surface area contributed by atoms with Crippen LogP contribution in [0.25, 0.3) is 0 Å². The van der Waals surface area contributed by atoms with Crippen LogP contribution in [0, 0.1) is 5.41 Å². The van der Waals surface area contributed by atoms with E-state index >= 15 is 0 Å². The molecule has 0 saturated carbocycles. The summed E-state index contributed by atoms with van der Waals surface area (Å²) in [7, 11) is 0. The van der Waals surface area contributed by atoms with E-state index in [-0.39, 0.29) is 11.3 Å². The molecule has 1 saturated heterocycles. The van der Waals surface area contributed by atoms with Crippen LogP contribution in [0.4, 0.5) is 0 Å². The van der Waals surface area contributed by atoms with E-state index in [1.165, 1.54) is 0 Å². The zero-order chi connectivity index (χ0) is 16.0. The third kappa shape index (κ3) is 4.31. The first-order valence-electron chi connectivity index (χ1n) is 8.27. The van der Waals surface area contributed by atoms with E-state index in [1.807, 2.05) is 49.1 Å². The van der Waals surface area contributed by atoms with Gasteiger partial charge in [0.1, 0.15) is 0 Å². The number of rotatable bonds is 6. The van der Waals surface area contributed by atoms with Crippen molar-refractivity contribution in [3.63, 3.8) is 0 Å². The van der Waals surface area contributed by atoms with Crippen LogP contribution in [0.2, 0.25) is 0 Å². The second-order valence-electron chi connectivity index (χ2n) is 6.57. The van der Waals surface area contributed by atoms with Crippen LogP contribution in [0.3, 0.4) is 0 Å². The fourth-order valence-electron chi connectivity index (χ4n) is 3.03. The Bertz CT molecular complexity index is 469. The molecule has 2 rings (SSSR count). The van der Waals surface area contributed by atoms with Crippen LogP contribution < -0.4 is 5.32 Å². The van der Waals surface area contributed by atoms with Gasteiger partial charge in [-0.05, 0) is 38.3 Å². The summed E-state index contributed by atoms with van der Waals surface area (Å²) in [5.74, 6) is 0.149. The molecule has 1 heterocycles. The van der Waals surface area contributed by atoms with Gasteiger partial charge >= 0.3 is 0 Å². The third-order valence-corrected chi connectivity index (χ3v) is 4.52. The number of carbonyl (C=O) groups excluding carboxylic acids is 1. The number of hydrogen-bond donors (Lipinski definition) is 2. The summed E-state index contributed by atoms with van der Waals surface area (Å²) in [6, 6.07) is 10.00. The van der Waals surface area contributed by atoms with E-state index in [9.17, 15) is 9.90 Å². The summed E-state index contributed by atoms with van der Waals surface area (Å²) in [4.78, 5) is 14.9. The first-order valence-corrected chi connectivity index (χ1v) is 8.27. The van der Waals surface area contributed by atoms with Crippen molar-refractivity contribution in [2.45, 2.75) is 45.8 Å². The lowest BCUT2D eigenvalue weighted by Gasteiger charge is -2.38. The maximum absolute atomic E-state index is 13.1. The maximum Gasteiger partial charge on any atom is 0.230 e. The summed E-state index contributed by atoms with van der Waals surface area (Å²) < 4.78 is 0. The van der Waals surface area contributed by atoms with E-state index < -0.39 is 6.10 Å². The van der Waals surface area contributed by atoms with Crippen LogP contribution in [-0.4, -0.2) is 41.7 Å². The van der Waals surface area contributed by atoms with Gasteiger partial charge in [0, 0.05) is 19.6 Å². The van der Waals surface area contributed by atoms with E-state index in [0.29, 0.717) is 19.5 Å². The highest BCUT2D eigenvalue weighted by molar-refractivity contribution is 5.82. The van der Waals surface area contributed by atoms with Gasteiger partial charge in [-0.1, -0.05) is 37.3 Å². The van der Waals surface area contributed by atoms with Crippen molar-refractivity contribution in [3.8, 4) is 0 Å². The minimum atomic E-state index is -0.465. The zero-order valence-corrected chi connectivity index (χ0v) is 13.7. The number of benzene rings is 1. The Balaban J connectivity index is 2.13. The molecule has 22 heavy (non-hydrogen) atoms. The van der Waals surface area contributed by atoms with Crippen LogP contribution in [0.1, 0.15) is 38.7 Å². The second-order valence-corrected chi connectivity index (χ2v) is 6.57. The van der Waals surface area contributed by atoms with Crippen molar-refractivity contribution < 1.29 is 9.90 Å². The second kappa shape index (κ2) is 7.75. The van der Waals surface area contributed by atoms with Crippen molar-refractivity contribution in [2.75, 3.05) is 19.6 Å². The highest BCUT2D eigenvalue weighted by Gasteiger charge is 2.38. The molecule has 0 aliphatic carbocycles. The Labute approximate surface area is 133 Å². The number of nitrogens with zero attached hydrogens (tertiary/aromatic N) is 1. The van der Waals surface area contributed by atoms with E-state index in [2.05, 4.69) is 5.32 Å². The Hall–Kier alpha value is -1.39. The predicted molar refractivity (Wildman–Crippen MR) is 88.4 cm³/mol. The van der Waals surface area contributed by atoms with Crippen molar-refractivity contribution in [1.82, 2.24) is 10.2 Å². The Morgan fingerprint density at radius 1 is 1.41 bits per heavy atom. The molecule has 122 valence electrons. The average Bonchev–Trinajstić information content (AvgIpc) is 2.55. The van der Waals surface area contributed by atoms with Crippen LogP contribution in [-0.2, 0) is 11.3 Å². The van der Waals surface area contributed by atoms with Gasteiger partial charge in [0.2, 0.25) is 5.91 Å². The largest absolute Gasteiger partial charge is 0.391 e. The standard InChI is InChI=1S/C18H28N2O2/c1-3-16(21)13-20(12-15-8-5-4-6-9-15)17(22)18(2)10-7-11-19-14-18/h4-6,8-9,16,19,21H,3,7,10-14H2,1-2H3/t16-,18-/m1/s1. The molecule has 4 nitrogen and oxygen atoms in total. The van der Waals surface area contributed by atoms with E-state index in [1.54, 1.807) is 0 Å². The summed E-state index contributed by atoms with van der Waals surface area (Å²) in [5.41, 5.74) is 0.743. The molecular weight excluding hydrogens is 276 g/mol. The molecule has 2 atom stereocenters. The Kier molecular flexibility index (Phi) is 5.98. The molecule has 1 aliphatic heterocycles. The highest BCUT2D eigenvalue weighted by Crippen LogP contribution is 2.29. The van der Waals surface area contributed by atoms with Crippen molar-refractivity contribution >= 4 is 5.91 Å². The van der Waals surface area contributed by atoms with Gasteiger partial charge in [-0.25, -0.2) is 0 Å². The molecule has 1 amide bonds. The molecule has 0 radical (unpaired) electrons. The lowest BCUT2D eigenvalue weighted by molar-refractivity contribution is -0.144. The summed E-state index contributed by atoms with van der Waals surface area (Å²) >= 11 is 0. The average molecular weight is 304 g/mol. The van der Waals surface area contributed by atoms with Crippen LogP contribution in [0.5, 0.6) is 0 Å². The minimum absolute atomic E-state index is 0.149. The monoisotopic (exact) mass is 304 g/mol. The molecule has 1 aliphatic rings. The number of aliphatic hydroxyl groups is 1.